The van der Waals surface area contributed by atoms with Crippen LogP contribution in [0.5, 0.6) is 5.88 Å². The number of hydrogen-bond acceptors (Lipinski definition) is 4. The van der Waals surface area contributed by atoms with Crippen molar-refractivity contribution in [3.8, 4) is 5.88 Å². The number of aromatic nitrogens is 2. The zero-order valence-electron chi connectivity index (χ0n) is 16.8. The topological polar surface area (TPSA) is 112 Å². The van der Waals surface area contributed by atoms with Gasteiger partial charge in [-0.25, -0.2) is 27.6 Å². The third kappa shape index (κ3) is 3.49. The second-order valence-electron chi connectivity index (χ2n) is 8.12. The molecule has 0 saturated carbocycles. The minimum atomic E-state index is -3.63. The van der Waals surface area contributed by atoms with Crippen LogP contribution in [0.15, 0.2) is 21.5 Å². The van der Waals surface area contributed by atoms with Gasteiger partial charge < -0.3 is 10.1 Å². The molecule has 0 fully saturated rings. The van der Waals surface area contributed by atoms with Crippen LogP contribution in [0, 0.1) is 0 Å². The van der Waals surface area contributed by atoms with E-state index in [9.17, 15) is 17.8 Å². The van der Waals surface area contributed by atoms with Crippen LogP contribution in [0.2, 0.25) is 0 Å². The summed E-state index contributed by atoms with van der Waals surface area (Å²) in [4.78, 5) is 12.8. The van der Waals surface area contributed by atoms with Crippen LogP contribution in [0.1, 0.15) is 47.4 Å². The smallest absolute Gasteiger partial charge is 0.354 e. The molecule has 2 amide bonds. The zero-order chi connectivity index (χ0) is 21.8. The molecule has 2 atom stereocenters. The summed E-state index contributed by atoms with van der Waals surface area (Å²) in [5.41, 5.74) is 3.65. The number of hydrogen-bond donors (Lipinski definition) is 2. The maximum absolute atomic E-state index is 13.7. The molecule has 0 saturated heterocycles. The number of rotatable bonds is 3. The Bertz CT molecular complexity index is 1190. The van der Waals surface area contributed by atoms with Crippen LogP contribution in [-0.4, -0.2) is 33.1 Å². The van der Waals surface area contributed by atoms with Gasteiger partial charge in [0.05, 0.1) is 12.8 Å². The zero-order valence-corrected chi connectivity index (χ0v) is 17.6. The molecule has 3 N–H and O–H groups in total. The van der Waals surface area contributed by atoms with Gasteiger partial charge in [0.25, 0.3) is 0 Å². The van der Waals surface area contributed by atoms with E-state index in [4.69, 9.17) is 9.88 Å². The highest BCUT2D eigenvalue weighted by Gasteiger charge is 2.36. The van der Waals surface area contributed by atoms with Crippen LogP contribution in [0.3, 0.4) is 0 Å². The maximum Gasteiger partial charge on any atom is 0.354 e. The van der Waals surface area contributed by atoms with E-state index in [1.165, 1.54) is 10.9 Å². The van der Waals surface area contributed by atoms with Crippen molar-refractivity contribution in [2.75, 3.05) is 11.9 Å². The molecule has 0 radical (unpaired) electrons. The van der Waals surface area contributed by atoms with Crippen molar-refractivity contribution < 1.29 is 22.5 Å². The fourth-order valence-electron chi connectivity index (χ4n) is 4.85. The summed E-state index contributed by atoms with van der Waals surface area (Å²) in [7, 11) is -3.63. The molecule has 0 bridgehead atoms. The molecule has 2 aromatic rings. The van der Waals surface area contributed by atoms with E-state index in [-0.39, 0.29) is 10.8 Å². The molecule has 1 unspecified atom stereocenters. The highest BCUT2D eigenvalue weighted by Crippen LogP contribution is 2.46. The summed E-state index contributed by atoms with van der Waals surface area (Å²) in [5, 5.41) is 12.7. The number of carbonyl (C=O) groups excluding carboxylic acids is 1. The third-order valence-electron chi connectivity index (χ3n) is 6.20. The molecular weight excluding hydrogens is 428 g/mol. The van der Waals surface area contributed by atoms with Gasteiger partial charge in [-0.05, 0) is 54.4 Å². The molecule has 1 aromatic carbocycles. The molecule has 2 aliphatic carbocycles. The van der Waals surface area contributed by atoms with Gasteiger partial charge in [0.2, 0.25) is 12.3 Å². The average Bonchev–Trinajstić information content (AvgIpc) is 3.44. The van der Waals surface area contributed by atoms with Gasteiger partial charge >= 0.3 is 6.03 Å². The van der Waals surface area contributed by atoms with E-state index in [0.29, 0.717) is 43.7 Å². The molecule has 11 heteroatoms. The van der Waals surface area contributed by atoms with Crippen molar-refractivity contribution in [1.29, 1.82) is 0 Å². The first-order valence-electron chi connectivity index (χ1n) is 10.4. The summed E-state index contributed by atoms with van der Waals surface area (Å²) in [6, 6.07) is 1.07. The Morgan fingerprint density at radius 2 is 2.16 bits per heavy atom. The molecule has 31 heavy (non-hydrogen) atoms. The van der Waals surface area contributed by atoms with E-state index >= 15 is 0 Å². The van der Waals surface area contributed by atoms with Crippen molar-refractivity contribution in [2.45, 2.75) is 62.3 Å². The molecule has 1 aromatic heterocycles. The highest BCUT2D eigenvalue weighted by molar-refractivity contribution is 7.91. The normalized spacial score (nSPS) is 21.1. The first kappa shape index (κ1) is 20.4. The standard InChI is InChI=1S/C20H23F2N5O3S/c21-18(22)14-6-5-12-9-11-3-1-4-13(11)17(16(12)14)25-20(28)26-31(23,29)15-10-24-27-7-2-8-30-19(15)27/h9-10,14,18H,1-8H2,(H3,23,25,26,28,29)/t14-,31?/m0/s1. The monoisotopic (exact) mass is 451 g/mol. The van der Waals surface area contributed by atoms with Crippen molar-refractivity contribution in [2.24, 2.45) is 9.50 Å². The number of amides is 2. The fourth-order valence-corrected chi connectivity index (χ4v) is 5.85. The number of benzene rings is 1. The first-order chi connectivity index (χ1) is 14.8. The van der Waals surface area contributed by atoms with Crippen LogP contribution in [-0.2, 0) is 35.7 Å². The number of anilines is 1. The summed E-state index contributed by atoms with van der Waals surface area (Å²) in [6.45, 7) is 1.02. The third-order valence-corrected chi connectivity index (χ3v) is 7.55. The van der Waals surface area contributed by atoms with Crippen molar-refractivity contribution in [3.63, 3.8) is 0 Å². The largest absolute Gasteiger partial charge is 0.477 e. The Labute approximate surface area is 178 Å². The lowest BCUT2D eigenvalue weighted by atomic mass is 9.94. The van der Waals surface area contributed by atoms with E-state index in [2.05, 4.69) is 14.8 Å². The van der Waals surface area contributed by atoms with Crippen LogP contribution >= 0.6 is 0 Å². The predicted molar refractivity (Wildman–Crippen MR) is 110 cm³/mol. The van der Waals surface area contributed by atoms with Crippen molar-refractivity contribution in [3.05, 3.63) is 34.5 Å². The second-order valence-corrected chi connectivity index (χ2v) is 9.88. The van der Waals surface area contributed by atoms with Crippen LogP contribution in [0.25, 0.3) is 0 Å². The molecule has 8 nitrogen and oxygen atoms in total. The highest BCUT2D eigenvalue weighted by atomic mass is 32.2. The second kappa shape index (κ2) is 7.56. The number of urea groups is 1. The van der Waals surface area contributed by atoms with Gasteiger partial charge in [-0.15, -0.1) is 4.36 Å². The summed E-state index contributed by atoms with van der Waals surface area (Å²) < 4.78 is 51.2. The number of ether oxygens (including phenoxy) is 1. The number of fused-ring (bicyclic) bond motifs is 3. The van der Waals surface area contributed by atoms with Gasteiger partial charge in [0.1, 0.15) is 4.90 Å². The van der Waals surface area contributed by atoms with E-state index in [0.717, 1.165) is 36.0 Å². The predicted octanol–water partition coefficient (Wildman–Crippen LogP) is 3.38. The Morgan fingerprint density at radius 3 is 2.97 bits per heavy atom. The van der Waals surface area contributed by atoms with Gasteiger partial charge in [-0.2, -0.15) is 5.10 Å². The minimum absolute atomic E-state index is 0.0522. The number of nitrogens with one attached hydrogen (secondary N) is 1. The van der Waals surface area contributed by atoms with E-state index in [1.807, 2.05) is 6.07 Å². The molecule has 2 heterocycles. The SMILES string of the molecule is NS(=O)(=NC(=O)Nc1c2c(cc3c1[C@@H](C(F)F)CC3)CCC2)c1cnn2c1OCCC2. The molecule has 0 spiro atoms. The first-order valence-corrected chi connectivity index (χ1v) is 11.9. The molecular formula is C20H23F2N5O3S. The molecule has 1 aliphatic heterocycles. The van der Waals surface area contributed by atoms with Crippen LogP contribution < -0.4 is 15.2 Å². The van der Waals surface area contributed by atoms with Gasteiger partial charge in [0, 0.05) is 24.6 Å². The number of aryl methyl sites for hydroxylation is 3. The molecule has 3 aliphatic rings. The number of nitrogens with zero attached hydrogens (tertiary/aromatic N) is 3. The quantitative estimate of drug-likeness (QED) is 0.745. The molecule has 166 valence electrons. The lowest BCUT2D eigenvalue weighted by Crippen LogP contribution is -2.21. The average molecular weight is 451 g/mol. The Morgan fingerprint density at radius 1 is 1.32 bits per heavy atom. The summed E-state index contributed by atoms with van der Waals surface area (Å²) in [6.07, 6.45) is 2.84. The Hall–Kier alpha value is -2.53. The van der Waals surface area contributed by atoms with E-state index in [1.54, 1.807) is 0 Å². The number of nitrogens with two attached hydrogens (primary N) is 1. The van der Waals surface area contributed by atoms with Crippen molar-refractivity contribution >= 4 is 21.6 Å². The maximum atomic E-state index is 13.7. The van der Waals surface area contributed by atoms with Crippen molar-refractivity contribution in [1.82, 2.24) is 9.78 Å². The van der Waals surface area contributed by atoms with Gasteiger partial charge in [0.15, 0.2) is 9.92 Å². The van der Waals surface area contributed by atoms with E-state index < -0.39 is 28.3 Å². The lowest BCUT2D eigenvalue weighted by Gasteiger charge is -2.19. The van der Waals surface area contributed by atoms with Crippen LogP contribution in [0.4, 0.5) is 19.3 Å². The summed E-state index contributed by atoms with van der Waals surface area (Å²) >= 11 is 0. The molecule has 5 rings (SSSR count). The Balaban J connectivity index is 1.52. The summed E-state index contributed by atoms with van der Waals surface area (Å²) in [5.74, 6) is -0.691. The van der Waals surface area contributed by atoms with Gasteiger partial charge in [-0.3, -0.25) is 0 Å². The number of halogens is 2. The number of alkyl halides is 2. The van der Waals surface area contributed by atoms with Gasteiger partial charge in [-0.1, -0.05) is 6.07 Å². The number of carbonyl (C=O) groups is 1. The minimum Gasteiger partial charge on any atom is -0.477 e. The Kier molecular flexibility index (Phi) is 4.97. The lowest BCUT2D eigenvalue weighted by molar-refractivity contribution is 0.114. The fraction of sp³-hybridized carbons (Fsp3) is 0.500.